The summed E-state index contributed by atoms with van der Waals surface area (Å²) in [6, 6.07) is 15.5. The lowest BCUT2D eigenvalue weighted by Gasteiger charge is -2.15. The van der Waals surface area contributed by atoms with Gasteiger partial charge in [-0.1, -0.05) is 24.3 Å². The molecule has 1 aliphatic rings. The fourth-order valence-corrected chi connectivity index (χ4v) is 6.02. The van der Waals surface area contributed by atoms with Crippen molar-refractivity contribution in [2.75, 3.05) is 31.2 Å². The van der Waals surface area contributed by atoms with Gasteiger partial charge in [-0.15, -0.1) is 0 Å². The van der Waals surface area contributed by atoms with Gasteiger partial charge in [-0.05, 0) is 37.6 Å². The molecule has 0 spiro atoms. The number of anilines is 2. The summed E-state index contributed by atoms with van der Waals surface area (Å²) in [6.07, 6.45) is 4.36. The number of nitrogens with zero attached hydrogens (tertiary/aromatic N) is 7. The maximum atomic E-state index is 13.3. The molecule has 1 unspecified atom stereocenters. The third-order valence-corrected chi connectivity index (χ3v) is 8.16. The highest BCUT2D eigenvalue weighted by Gasteiger charge is 2.29. The van der Waals surface area contributed by atoms with Crippen LogP contribution in [0.25, 0.3) is 33.2 Å². The van der Waals surface area contributed by atoms with Gasteiger partial charge < -0.3 is 25.3 Å². The van der Waals surface area contributed by atoms with E-state index >= 15 is 0 Å². The summed E-state index contributed by atoms with van der Waals surface area (Å²) in [4.78, 5) is 32.2. The van der Waals surface area contributed by atoms with Gasteiger partial charge in [0.15, 0.2) is 5.65 Å². The van der Waals surface area contributed by atoms with E-state index < -0.39 is 0 Å². The zero-order valence-corrected chi connectivity index (χ0v) is 24.2. The van der Waals surface area contributed by atoms with Crippen molar-refractivity contribution in [3.05, 3.63) is 78.3 Å². The average molecular weight is 577 g/mol. The minimum Gasteiger partial charge on any atom is -0.495 e. The minimum atomic E-state index is -0.229. The summed E-state index contributed by atoms with van der Waals surface area (Å²) in [6.45, 7) is 4.46. The van der Waals surface area contributed by atoms with Crippen molar-refractivity contribution in [2.45, 2.75) is 25.9 Å². The van der Waals surface area contributed by atoms with Crippen LogP contribution in [0, 0.1) is 6.92 Å². The van der Waals surface area contributed by atoms with Crippen LogP contribution in [0.15, 0.2) is 61.1 Å². The van der Waals surface area contributed by atoms with Crippen molar-refractivity contribution in [2.24, 2.45) is 7.05 Å². The zero-order chi connectivity index (χ0) is 29.7. The normalized spacial score (nSPS) is 15.5. The van der Waals surface area contributed by atoms with E-state index in [2.05, 4.69) is 30.2 Å². The van der Waals surface area contributed by atoms with Gasteiger partial charge in [-0.2, -0.15) is 5.10 Å². The number of para-hydroxylation sites is 1. The highest BCUT2D eigenvalue weighted by molar-refractivity contribution is 6.07. The highest BCUT2D eigenvalue weighted by Crippen LogP contribution is 2.37. The number of nitrogens with two attached hydrogens (primary N) is 1. The van der Waals surface area contributed by atoms with Crippen molar-refractivity contribution < 1.29 is 9.53 Å². The third kappa shape index (κ3) is 4.75. The molecule has 0 bridgehead atoms. The minimum absolute atomic E-state index is 0.117. The van der Waals surface area contributed by atoms with Crippen molar-refractivity contribution in [1.82, 2.24) is 39.2 Å². The molecule has 1 fully saturated rings. The monoisotopic (exact) mass is 576 g/mol. The average Bonchev–Trinajstić information content (AvgIpc) is 3.80. The Labute approximate surface area is 247 Å². The number of rotatable bonds is 7. The van der Waals surface area contributed by atoms with Gasteiger partial charge in [0.2, 0.25) is 0 Å². The van der Waals surface area contributed by atoms with Crippen LogP contribution in [0.3, 0.4) is 0 Å². The Balaban J connectivity index is 1.19. The number of imidazole rings is 1. The Morgan fingerprint density at radius 3 is 2.84 bits per heavy atom. The number of benzene rings is 2. The van der Waals surface area contributed by atoms with E-state index in [1.54, 1.807) is 7.11 Å². The molecule has 1 saturated heterocycles. The van der Waals surface area contributed by atoms with E-state index in [1.165, 1.54) is 6.33 Å². The van der Waals surface area contributed by atoms with Crippen LogP contribution in [-0.4, -0.2) is 65.3 Å². The van der Waals surface area contributed by atoms with Gasteiger partial charge in [0.05, 0.1) is 29.9 Å². The summed E-state index contributed by atoms with van der Waals surface area (Å²) in [5, 5.41) is 9.74. The molecule has 4 aromatic heterocycles. The molecule has 2 aromatic carbocycles. The number of fused-ring (bicyclic) bond motifs is 2. The molecule has 12 heteroatoms. The Bertz CT molecular complexity index is 1990. The lowest BCUT2D eigenvalue weighted by Crippen LogP contribution is -2.22. The number of aromatic nitrogens is 7. The van der Waals surface area contributed by atoms with Crippen LogP contribution in [0.1, 0.15) is 34.5 Å². The first-order chi connectivity index (χ1) is 20.9. The Hall–Kier alpha value is -5.23. The quantitative estimate of drug-likeness (QED) is 0.255. The third-order valence-electron chi connectivity index (χ3n) is 8.16. The number of ether oxygens (including phenoxy) is 1. The van der Waals surface area contributed by atoms with Gasteiger partial charge in [0.25, 0.3) is 5.91 Å². The van der Waals surface area contributed by atoms with E-state index in [9.17, 15) is 4.79 Å². The first kappa shape index (κ1) is 26.7. The van der Waals surface area contributed by atoms with Gasteiger partial charge in [0, 0.05) is 49.3 Å². The predicted octanol–water partition coefficient (Wildman–Crippen LogP) is 4.31. The van der Waals surface area contributed by atoms with Crippen molar-refractivity contribution in [3.63, 3.8) is 0 Å². The van der Waals surface area contributed by atoms with E-state index in [-0.39, 0.29) is 11.9 Å². The van der Waals surface area contributed by atoms with Crippen molar-refractivity contribution in [3.8, 4) is 17.0 Å². The summed E-state index contributed by atoms with van der Waals surface area (Å²) in [5.74, 6) is 1.55. The first-order valence-electron chi connectivity index (χ1n) is 14.2. The van der Waals surface area contributed by atoms with Crippen LogP contribution < -0.4 is 15.8 Å². The highest BCUT2D eigenvalue weighted by atomic mass is 16.5. The molecule has 1 aliphatic heterocycles. The smallest absolute Gasteiger partial charge is 0.272 e. The number of hydrogen-bond acceptors (Lipinski definition) is 8. The molecule has 6 aromatic rings. The van der Waals surface area contributed by atoms with Gasteiger partial charge >= 0.3 is 0 Å². The van der Waals surface area contributed by atoms with Gasteiger partial charge in [-0.3, -0.25) is 9.69 Å². The molecular weight excluding hydrogens is 544 g/mol. The van der Waals surface area contributed by atoms with Crippen LogP contribution in [-0.2, 0) is 13.6 Å². The van der Waals surface area contributed by atoms with Crippen LogP contribution >= 0.6 is 0 Å². The predicted molar refractivity (Wildman–Crippen MR) is 165 cm³/mol. The van der Waals surface area contributed by atoms with E-state index in [0.29, 0.717) is 39.7 Å². The molecule has 218 valence electrons. The molecule has 1 atom stereocenters. The molecule has 5 heterocycles. The molecule has 0 radical (unpaired) electrons. The second-order valence-electron chi connectivity index (χ2n) is 10.9. The van der Waals surface area contributed by atoms with Crippen LogP contribution in [0.4, 0.5) is 11.5 Å². The molecule has 12 nitrogen and oxygen atoms in total. The maximum Gasteiger partial charge on any atom is 0.272 e. The number of hydrogen-bond donors (Lipinski definition) is 3. The Morgan fingerprint density at radius 2 is 2.05 bits per heavy atom. The number of carbonyl (C=O) groups excluding carboxylic acids is 1. The molecule has 43 heavy (non-hydrogen) atoms. The Kier molecular flexibility index (Phi) is 6.54. The molecule has 0 aliphatic carbocycles. The van der Waals surface area contributed by atoms with Crippen LogP contribution in [0.5, 0.6) is 5.75 Å². The summed E-state index contributed by atoms with van der Waals surface area (Å²) in [5.41, 5.74) is 11.6. The van der Waals surface area contributed by atoms with Crippen molar-refractivity contribution >= 4 is 39.3 Å². The number of likely N-dealkylation sites (tertiary alicyclic amines) is 1. The summed E-state index contributed by atoms with van der Waals surface area (Å²) >= 11 is 0. The van der Waals surface area contributed by atoms with E-state index in [0.717, 1.165) is 54.0 Å². The Morgan fingerprint density at radius 1 is 1.19 bits per heavy atom. The molecule has 4 N–H and O–H groups in total. The second-order valence-corrected chi connectivity index (χ2v) is 10.9. The number of aryl methyl sites for hydroxylation is 2. The fraction of sp³-hybridized carbons (Fsp3) is 0.258. The standard InChI is InChI=1S/C31H32N10O2/c1-18-33-14-21(36-18)15-40-11-10-22(16-40)41-30-27(29(32)34-17-35-30)28(38-41)20-8-9-23(26(13-20)43-3)37-31(42)25-12-19-6-4-5-7-24(19)39(25)2/h4-9,12-14,17,22H,10-11,15-16H2,1-3H3,(H,33,36)(H,37,42)(H2,32,34,35). The summed E-state index contributed by atoms with van der Waals surface area (Å²) < 4.78 is 9.58. The molecule has 7 rings (SSSR count). The second kappa shape index (κ2) is 10.6. The molecular formula is C31H32N10O2. The number of nitrogen functional groups attached to an aromatic ring is 1. The lowest BCUT2D eigenvalue weighted by atomic mass is 10.1. The number of amides is 1. The largest absolute Gasteiger partial charge is 0.495 e. The van der Waals surface area contributed by atoms with E-state index in [1.807, 2.05) is 77.9 Å². The zero-order valence-electron chi connectivity index (χ0n) is 24.2. The van der Waals surface area contributed by atoms with Crippen LogP contribution in [0.2, 0.25) is 0 Å². The van der Waals surface area contributed by atoms with Gasteiger partial charge in [0.1, 0.15) is 35.1 Å². The number of methoxy groups -OCH3 is 1. The summed E-state index contributed by atoms with van der Waals surface area (Å²) in [7, 11) is 3.46. The van der Waals surface area contributed by atoms with Gasteiger partial charge in [-0.25, -0.2) is 19.6 Å². The molecule has 1 amide bonds. The SMILES string of the molecule is COc1cc(-c2nn(C3CCN(Cc4c[nH]c(C)n4)C3)c3ncnc(N)c23)ccc1NC(=O)c1cc2ccccc2n1C. The molecule has 0 saturated carbocycles. The fourth-order valence-electron chi connectivity index (χ4n) is 6.02. The number of carbonyl (C=O) groups is 1. The topological polar surface area (TPSA) is 145 Å². The maximum absolute atomic E-state index is 13.3. The number of H-pyrrole nitrogens is 1. The number of nitrogens with one attached hydrogen (secondary N) is 2. The lowest BCUT2D eigenvalue weighted by molar-refractivity contribution is 0.101. The first-order valence-corrected chi connectivity index (χ1v) is 14.2. The number of aromatic amines is 1. The van der Waals surface area contributed by atoms with E-state index in [4.69, 9.17) is 15.6 Å². The van der Waals surface area contributed by atoms with Crippen molar-refractivity contribution in [1.29, 1.82) is 0 Å².